The first-order valence-electron chi connectivity index (χ1n) is 14.5. The first kappa shape index (κ1) is 35.7. The van der Waals surface area contributed by atoms with Gasteiger partial charge in [0, 0.05) is 55.0 Å². The lowest BCUT2D eigenvalue weighted by molar-refractivity contribution is -0.137. The number of halogens is 3. The monoisotopic (exact) mass is 642 g/mol. The number of likely N-dealkylation sites (N-methyl/N-ethyl adjacent to an activating group) is 2. The zero-order chi connectivity index (χ0) is 34.0. The Morgan fingerprint density at radius 1 is 1.07 bits per heavy atom. The molecule has 46 heavy (non-hydrogen) atoms. The van der Waals surface area contributed by atoms with E-state index in [1.165, 1.54) is 30.6 Å². The third-order valence-electron chi connectivity index (χ3n) is 7.08. The van der Waals surface area contributed by atoms with Crippen LogP contribution in [0, 0.1) is 0 Å². The number of hydrogen-bond donors (Lipinski definition) is 4. The molecular weight excluding hydrogens is 601 g/mol. The van der Waals surface area contributed by atoms with Crippen molar-refractivity contribution in [3.8, 4) is 0 Å². The lowest BCUT2D eigenvalue weighted by atomic mass is 10.0. The molecule has 6 N–H and O–H groups in total. The van der Waals surface area contributed by atoms with E-state index in [9.17, 15) is 22.8 Å². The van der Waals surface area contributed by atoms with Crippen molar-refractivity contribution in [3.05, 3.63) is 88.8 Å². The van der Waals surface area contributed by atoms with Crippen LogP contribution in [0.5, 0.6) is 0 Å². The second-order valence-corrected chi connectivity index (χ2v) is 10.9. The molecule has 14 heteroatoms. The number of anilines is 3. The van der Waals surface area contributed by atoms with Gasteiger partial charge in [-0.3, -0.25) is 10.1 Å². The lowest BCUT2D eigenvalue weighted by Gasteiger charge is -2.23. The maximum Gasteiger partial charge on any atom is 0.416 e. The number of nitrogens with one attached hydrogen (secondary N) is 2. The van der Waals surface area contributed by atoms with E-state index < -0.39 is 23.7 Å². The van der Waals surface area contributed by atoms with Crippen molar-refractivity contribution in [1.29, 1.82) is 0 Å². The molecule has 0 unspecified atom stereocenters. The Hall–Kier alpha value is -4.82. The third-order valence-corrected chi connectivity index (χ3v) is 7.08. The molecule has 1 aliphatic carbocycles. The van der Waals surface area contributed by atoms with Crippen LogP contribution in [-0.2, 0) is 15.7 Å². The topological polar surface area (TPSA) is 142 Å². The molecule has 0 bridgehead atoms. The number of pyridine rings is 1. The van der Waals surface area contributed by atoms with E-state index in [0.717, 1.165) is 23.3 Å². The molecule has 1 aromatic carbocycles. The fourth-order valence-corrected chi connectivity index (χ4v) is 4.51. The van der Waals surface area contributed by atoms with Gasteiger partial charge in [0.05, 0.1) is 24.9 Å². The molecule has 0 saturated heterocycles. The van der Waals surface area contributed by atoms with Crippen LogP contribution >= 0.6 is 0 Å². The van der Waals surface area contributed by atoms with E-state index in [0.29, 0.717) is 42.9 Å². The van der Waals surface area contributed by atoms with E-state index >= 15 is 0 Å². The summed E-state index contributed by atoms with van der Waals surface area (Å²) in [6.45, 7) is 3.29. The van der Waals surface area contributed by atoms with E-state index in [1.54, 1.807) is 36.2 Å². The first-order valence-corrected chi connectivity index (χ1v) is 14.5. The summed E-state index contributed by atoms with van der Waals surface area (Å²) in [4.78, 5) is 32.6. The fraction of sp³-hybridized carbons (Fsp3) is 0.344. The Kier molecular flexibility index (Phi) is 12.4. The van der Waals surface area contributed by atoms with Gasteiger partial charge in [-0.25, -0.2) is 15.6 Å². The Morgan fingerprint density at radius 2 is 1.80 bits per heavy atom. The van der Waals surface area contributed by atoms with Gasteiger partial charge in [-0.15, -0.1) is 0 Å². The minimum Gasteiger partial charge on any atom is -0.453 e. The molecule has 0 saturated carbocycles. The highest BCUT2D eigenvalue weighted by molar-refractivity contribution is 6.06. The largest absolute Gasteiger partial charge is 0.453 e. The maximum absolute atomic E-state index is 13.8. The molecule has 2 aromatic rings. The van der Waals surface area contributed by atoms with Gasteiger partial charge >= 0.3 is 12.3 Å². The van der Waals surface area contributed by atoms with Gasteiger partial charge in [-0.2, -0.15) is 13.2 Å². The van der Waals surface area contributed by atoms with Gasteiger partial charge in [-0.05, 0) is 74.5 Å². The average Bonchev–Trinajstić information content (AvgIpc) is 3.21. The molecule has 0 aliphatic heterocycles. The van der Waals surface area contributed by atoms with E-state index in [4.69, 9.17) is 11.6 Å². The second-order valence-electron chi connectivity index (χ2n) is 10.9. The summed E-state index contributed by atoms with van der Waals surface area (Å²) in [7, 11) is 6.71. The zero-order valence-corrected chi connectivity index (χ0v) is 26.6. The molecule has 11 nitrogen and oxygen atoms in total. The van der Waals surface area contributed by atoms with Crippen LogP contribution in [0.3, 0.4) is 0 Å². The number of amides is 2. The van der Waals surface area contributed by atoms with E-state index in [1.807, 2.05) is 32.0 Å². The van der Waals surface area contributed by atoms with E-state index in [-0.39, 0.29) is 23.6 Å². The van der Waals surface area contributed by atoms with Crippen molar-refractivity contribution in [2.75, 3.05) is 63.4 Å². The van der Waals surface area contributed by atoms with Crippen LogP contribution in [-0.4, -0.2) is 74.8 Å². The number of aromatic nitrogens is 1. The van der Waals surface area contributed by atoms with Crippen LogP contribution in [0.15, 0.2) is 77.7 Å². The van der Waals surface area contributed by atoms with Crippen molar-refractivity contribution >= 4 is 34.9 Å². The minimum absolute atomic E-state index is 0.0351. The third kappa shape index (κ3) is 10.4. The van der Waals surface area contributed by atoms with Gasteiger partial charge in [0.1, 0.15) is 5.82 Å². The highest BCUT2D eigenvalue weighted by atomic mass is 19.4. The summed E-state index contributed by atoms with van der Waals surface area (Å²) < 4.78 is 45.9. The Balaban J connectivity index is 1.81. The van der Waals surface area contributed by atoms with Gasteiger partial charge in [0.2, 0.25) is 0 Å². The van der Waals surface area contributed by atoms with Gasteiger partial charge < -0.3 is 30.6 Å². The van der Waals surface area contributed by atoms with Gasteiger partial charge in [0.15, 0.2) is 0 Å². The SMILES string of the molecule is CCC1=CCC=C(C(=O)Nc2cc(N(C)CCN(C)C)cc(C(F)(F)F)c2)C=C1CN(N)/C=C(\N)c1ccc(NC(=O)OC)nc1. The molecular formula is C32H41F3N8O3. The predicted molar refractivity (Wildman–Crippen MR) is 174 cm³/mol. The van der Waals surface area contributed by atoms with Crippen molar-refractivity contribution < 1.29 is 27.5 Å². The molecule has 1 aliphatic rings. The number of methoxy groups -OCH3 is 1. The highest BCUT2D eigenvalue weighted by Gasteiger charge is 2.32. The number of hydrazine groups is 1. The van der Waals surface area contributed by atoms with Crippen LogP contribution in [0.2, 0.25) is 0 Å². The molecule has 1 aromatic heterocycles. The van der Waals surface area contributed by atoms with E-state index in [2.05, 4.69) is 20.4 Å². The molecule has 0 atom stereocenters. The van der Waals surface area contributed by atoms with Crippen LogP contribution in [0.1, 0.15) is 30.9 Å². The number of hydrogen-bond acceptors (Lipinski definition) is 9. The Labute approximate surface area is 267 Å². The number of rotatable bonds is 12. The fourth-order valence-electron chi connectivity index (χ4n) is 4.51. The van der Waals surface area contributed by atoms with Gasteiger partial charge in [-0.1, -0.05) is 19.1 Å². The highest BCUT2D eigenvalue weighted by Crippen LogP contribution is 2.34. The number of benzene rings is 1. The number of ether oxygens (including phenoxy) is 1. The molecule has 1 heterocycles. The standard InChI is InChI=1S/C32H41F3N8O3/c1-6-21-8-7-9-22(14-24(21)19-43(37)20-28(36)23-10-11-29(38-18-23)40-31(45)46-5)30(44)39-26-15-25(32(33,34)35)16-27(17-26)42(4)13-12-41(2)3/h8-11,14-18,20H,6-7,12-13,19,36-37H2,1-5H3,(H,39,44)(H,38,40,45)/b28-20-. The van der Waals surface area contributed by atoms with Crippen molar-refractivity contribution in [2.24, 2.45) is 11.6 Å². The summed E-state index contributed by atoms with van der Waals surface area (Å²) in [5.41, 5.74) is 8.61. The maximum atomic E-state index is 13.8. The smallest absolute Gasteiger partial charge is 0.416 e. The minimum atomic E-state index is -4.59. The molecule has 0 fully saturated rings. The number of allylic oxidation sites excluding steroid dienone is 2. The summed E-state index contributed by atoms with van der Waals surface area (Å²) in [5, 5.41) is 6.48. The first-order chi connectivity index (χ1) is 21.7. The summed E-state index contributed by atoms with van der Waals surface area (Å²) >= 11 is 0. The quantitative estimate of drug-likeness (QED) is 0.187. The molecule has 2 amide bonds. The number of nitrogens with zero attached hydrogens (tertiary/aromatic N) is 4. The van der Waals surface area contributed by atoms with Crippen molar-refractivity contribution in [1.82, 2.24) is 14.9 Å². The number of alkyl halides is 3. The molecule has 248 valence electrons. The normalized spacial score (nSPS) is 13.7. The number of carbonyl (C=O) groups excluding carboxylic acids is 2. The van der Waals surface area contributed by atoms with Gasteiger partial charge in [0.25, 0.3) is 5.91 Å². The predicted octanol–water partition coefficient (Wildman–Crippen LogP) is 4.94. The lowest BCUT2D eigenvalue weighted by Crippen LogP contribution is -2.29. The summed E-state index contributed by atoms with van der Waals surface area (Å²) in [6.07, 6.45) is 4.24. The number of carbonyl (C=O) groups is 2. The molecule has 3 rings (SSSR count). The average molecular weight is 643 g/mol. The molecule has 0 radical (unpaired) electrons. The number of nitrogens with two attached hydrogens (primary N) is 2. The summed E-state index contributed by atoms with van der Waals surface area (Å²) in [6, 6.07) is 6.75. The zero-order valence-electron chi connectivity index (χ0n) is 26.6. The van der Waals surface area contributed by atoms with Crippen LogP contribution in [0.4, 0.5) is 35.2 Å². The second kappa shape index (κ2) is 16.0. The van der Waals surface area contributed by atoms with Crippen molar-refractivity contribution in [2.45, 2.75) is 25.9 Å². The Bertz CT molecular complexity index is 1520. The van der Waals surface area contributed by atoms with Crippen LogP contribution in [0.25, 0.3) is 5.70 Å². The summed E-state index contributed by atoms with van der Waals surface area (Å²) in [5.74, 6) is 6.03. The van der Waals surface area contributed by atoms with Crippen LogP contribution < -0.4 is 27.1 Å². The Morgan fingerprint density at radius 3 is 2.41 bits per heavy atom. The van der Waals surface area contributed by atoms with Crippen molar-refractivity contribution in [3.63, 3.8) is 0 Å². The molecule has 0 spiro atoms.